The predicted octanol–water partition coefficient (Wildman–Crippen LogP) is 3.14. The normalized spacial score (nSPS) is 34.1. The molecule has 76 valence electrons. The van der Waals surface area contributed by atoms with E-state index in [4.69, 9.17) is 0 Å². The highest BCUT2D eigenvalue weighted by atomic mass is 16.3. The van der Waals surface area contributed by atoms with Gasteiger partial charge in [-0.3, -0.25) is 0 Å². The summed E-state index contributed by atoms with van der Waals surface area (Å²) in [6.07, 6.45) is 8.43. The van der Waals surface area contributed by atoms with Gasteiger partial charge < -0.3 is 5.11 Å². The summed E-state index contributed by atoms with van der Waals surface area (Å²) < 4.78 is 0. The van der Waals surface area contributed by atoms with E-state index in [0.717, 1.165) is 19.3 Å². The molecule has 0 radical (unpaired) electrons. The zero-order chi connectivity index (χ0) is 9.90. The number of rotatable bonds is 3. The van der Waals surface area contributed by atoms with Crippen molar-refractivity contribution >= 4 is 0 Å². The standard InChI is InChI=1S/C12H22O/c1-4-11-5-7-12(13,8-6-11)9-10(2)3/h5,7,10-11,13H,4,6,8-9H2,1-3H3. The maximum absolute atomic E-state index is 10.2. The largest absolute Gasteiger partial charge is 0.386 e. The Morgan fingerprint density at radius 3 is 2.62 bits per heavy atom. The summed E-state index contributed by atoms with van der Waals surface area (Å²) >= 11 is 0. The molecule has 0 bridgehead atoms. The van der Waals surface area contributed by atoms with Gasteiger partial charge in [-0.25, -0.2) is 0 Å². The van der Waals surface area contributed by atoms with Crippen LogP contribution >= 0.6 is 0 Å². The molecule has 2 atom stereocenters. The number of hydrogen-bond donors (Lipinski definition) is 1. The highest BCUT2D eigenvalue weighted by molar-refractivity contribution is 5.07. The van der Waals surface area contributed by atoms with E-state index < -0.39 is 5.60 Å². The van der Waals surface area contributed by atoms with Gasteiger partial charge in [0.25, 0.3) is 0 Å². The summed E-state index contributed by atoms with van der Waals surface area (Å²) in [5.74, 6) is 1.28. The second kappa shape index (κ2) is 4.28. The second-order valence-electron chi connectivity index (χ2n) is 4.77. The maximum atomic E-state index is 10.2. The maximum Gasteiger partial charge on any atom is 0.0830 e. The van der Waals surface area contributed by atoms with Gasteiger partial charge in [-0.05, 0) is 37.5 Å². The van der Waals surface area contributed by atoms with Crippen molar-refractivity contribution in [2.24, 2.45) is 11.8 Å². The zero-order valence-corrected chi connectivity index (χ0v) is 9.09. The van der Waals surface area contributed by atoms with Gasteiger partial charge in [0.15, 0.2) is 0 Å². The molecule has 0 aromatic heterocycles. The van der Waals surface area contributed by atoms with Crippen LogP contribution in [-0.4, -0.2) is 10.7 Å². The molecule has 0 aromatic rings. The Morgan fingerprint density at radius 2 is 2.23 bits per heavy atom. The molecule has 1 nitrogen and oxygen atoms in total. The van der Waals surface area contributed by atoms with Crippen LogP contribution in [0.4, 0.5) is 0 Å². The molecule has 0 aliphatic heterocycles. The van der Waals surface area contributed by atoms with E-state index >= 15 is 0 Å². The van der Waals surface area contributed by atoms with Crippen molar-refractivity contribution in [3.05, 3.63) is 12.2 Å². The Balaban J connectivity index is 2.53. The molecule has 1 aliphatic rings. The zero-order valence-electron chi connectivity index (χ0n) is 9.09. The van der Waals surface area contributed by atoms with Gasteiger partial charge in [-0.1, -0.05) is 32.9 Å². The van der Waals surface area contributed by atoms with Crippen LogP contribution in [-0.2, 0) is 0 Å². The van der Waals surface area contributed by atoms with Gasteiger partial charge in [0.05, 0.1) is 5.60 Å². The SMILES string of the molecule is CCC1C=CC(O)(CC(C)C)CC1. The lowest BCUT2D eigenvalue weighted by Crippen LogP contribution is -2.31. The van der Waals surface area contributed by atoms with Crippen molar-refractivity contribution < 1.29 is 5.11 Å². The van der Waals surface area contributed by atoms with Crippen molar-refractivity contribution in [2.45, 2.75) is 52.1 Å². The lowest BCUT2D eigenvalue weighted by Gasteiger charge is -2.32. The summed E-state index contributed by atoms with van der Waals surface area (Å²) in [5.41, 5.74) is -0.500. The third kappa shape index (κ3) is 3.15. The van der Waals surface area contributed by atoms with E-state index in [1.807, 2.05) is 6.08 Å². The first-order chi connectivity index (χ1) is 6.06. The monoisotopic (exact) mass is 182 g/mol. The fourth-order valence-corrected chi connectivity index (χ4v) is 2.15. The molecule has 0 spiro atoms. The summed E-state index contributed by atoms with van der Waals surface area (Å²) in [4.78, 5) is 0. The van der Waals surface area contributed by atoms with E-state index in [2.05, 4.69) is 26.8 Å². The molecule has 1 aliphatic carbocycles. The van der Waals surface area contributed by atoms with Crippen LogP contribution in [0.3, 0.4) is 0 Å². The minimum Gasteiger partial charge on any atom is -0.386 e. The van der Waals surface area contributed by atoms with Crippen molar-refractivity contribution in [3.63, 3.8) is 0 Å². The summed E-state index contributed by atoms with van der Waals surface area (Å²) in [7, 11) is 0. The van der Waals surface area contributed by atoms with Crippen LogP contribution in [0.1, 0.15) is 46.5 Å². The van der Waals surface area contributed by atoms with Crippen LogP contribution < -0.4 is 0 Å². The molecule has 2 unspecified atom stereocenters. The van der Waals surface area contributed by atoms with Crippen molar-refractivity contribution in [1.29, 1.82) is 0 Å². The fraction of sp³-hybridized carbons (Fsp3) is 0.833. The van der Waals surface area contributed by atoms with E-state index in [1.165, 1.54) is 6.42 Å². The van der Waals surface area contributed by atoms with Gasteiger partial charge in [0, 0.05) is 0 Å². The van der Waals surface area contributed by atoms with Crippen LogP contribution in [0, 0.1) is 11.8 Å². The molecule has 1 N–H and O–H groups in total. The Kier molecular flexibility index (Phi) is 3.55. The van der Waals surface area contributed by atoms with Gasteiger partial charge >= 0.3 is 0 Å². The van der Waals surface area contributed by atoms with Gasteiger partial charge in [-0.2, -0.15) is 0 Å². The number of allylic oxidation sites excluding steroid dienone is 1. The quantitative estimate of drug-likeness (QED) is 0.665. The average molecular weight is 182 g/mol. The first kappa shape index (κ1) is 10.8. The first-order valence-electron chi connectivity index (χ1n) is 5.47. The Hall–Kier alpha value is -0.300. The van der Waals surface area contributed by atoms with Crippen LogP contribution in [0.25, 0.3) is 0 Å². The van der Waals surface area contributed by atoms with E-state index in [1.54, 1.807) is 0 Å². The smallest absolute Gasteiger partial charge is 0.0830 e. The van der Waals surface area contributed by atoms with E-state index in [0.29, 0.717) is 11.8 Å². The third-order valence-electron chi connectivity index (χ3n) is 2.91. The minimum atomic E-state index is -0.500. The first-order valence-corrected chi connectivity index (χ1v) is 5.47. The lowest BCUT2D eigenvalue weighted by atomic mass is 9.80. The van der Waals surface area contributed by atoms with E-state index in [-0.39, 0.29) is 0 Å². The molecule has 1 rings (SSSR count). The molecular weight excluding hydrogens is 160 g/mol. The van der Waals surface area contributed by atoms with Crippen molar-refractivity contribution in [2.75, 3.05) is 0 Å². The van der Waals surface area contributed by atoms with Crippen molar-refractivity contribution in [1.82, 2.24) is 0 Å². The molecule has 1 heteroatoms. The molecule has 0 amide bonds. The molecule has 0 saturated carbocycles. The molecule has 0 aromatic carbocycles. The van der Waals surface area contributed by atoms with Crippen LogP contribution in [0.15, 0.2) is 12.2 Å². The number of hydrogen-bond acceptors (Lipinski definition) is 1. The van der Waals surface area contributed by atoms with Gasteiger partial charge in [-0.15, -0.1) is 0 Å². The molecule has 0 saturated heterocycles. The summed E-state index contributed by atoms with van der Waals surface area (Å²) in [5, 5.41) is 10.2. The Morgan fingerprint density at radius 1 is 1.54 bits per heavy atom. The molecule has 0 heterocycles. The third-order valence-corrected chi connectivity index (χ3v) is 2.91. The Labute approximate surface area is 81.9 Å². The summed E-state index contributed by atoms with van der Waals surface area (Å²) in [6, 6.07) is 0. The molecular formula is C12H22O. The van der Waals surface area contributed by atoms with Crippen LogP contribution in [0.5, 0.6) is 0 Å². The average Bonchev–Trinajstić information content (AvgIpc) is 2.04. The molecule has 13 heavy (non-hydrogen) atoms. The number of aliphatic hydroxyl groups is 1. The van der Waals surface area contributed by atoms with E-state index in [9.17, 15) is 5.11 Å². The topological polar surface area (TPSA) is 20.2 Å². The Bertz CT molecular complexity index is 184. The van der Waals surface area contributed by atoms with Gasteiger partial charge in [0.2, 0.25) is 0 Å². The molecule has 0 fully saturated rings. The van der Waals surface area contributed by atoms with Gasteiger partial charge in [0.1, 0.15) is 0 Å². The fourth-order valence-electron chi connectivity index (χ4n) is 2.15. The highest BCUT2D eigenvalue weighted by Crippen LogP contribution is 2.31. The summed E-state index contributed by atoms with van der Waals surface area (Å²) in [6.45, 7) is 6.54. The lowest BCUT2D eigenvalue weighted by molar-refractivity contribution is 0.0475. The van der Waals surface area contributed by atoms with Crippen LogP contribution in [0.2, 0.25) is 0 Å². The second-order valence-corrected chi connectivity index (χ2v) is 4.77. The predicted molar refractivity (Wildman–Crippen MR) is 56.6 cm³/mol. The van der Waals surface area contributed by atoms with Crippen molar-refractivity contribution in [3.8, 4) is 0 Å². The highest BCUT2D eigenvalue weighted by Gasteiger charge is 2.28. The minimum absolute atomic E-state index is 0.500.